The van der Waals surface area contributed by atoms with Crippen LogP contribution in [-0.4, -0.2) is 52.3 Å². The molecule has 2 heterocycles. The second-order valence-corrected chi connectivity index (χ2v) is 21.3. The Morgan fingerprint density at radius 1 is 0.852 bits per heavy atom. The second kappa shape index (κ2) is 7.06. The first-order chi connectivity index (χ1) is 11.9. The molecule has 0 aromatic heterocycles. The van der Waals surface area contributed by atoms with Gasteiger partial charge in [0.1, 0.15) is 11.2 Å². The smallest absolute Gasteiger partial charge is 0.192 e. The van der Waals surface area contributed by atoms with Crippen LogP contribution in [0, 0.1) is 0 Å². The molecule has 158 valence electrons. The lowest BCUT2D eigenvalue weighted by atomic mass is 9.90. The molecule has 0 saturated carbocycles. The van der Waals surface area contributed by atoms with Crippen LogP contribution in [0.1, 0.15) is 54.4 Å². The summed E-state index contributed by atoms with van der Waals surface area (Å²) in [5.41, 5.74) is -1.05. The van der Waals surface area contributed by atoms with Gasteiger partial charge in [0.2, 0.25) is 0 Å². The molecular formula is C21H42O4Si2. The molecule has 2 rings (SSSR count). The zero-order valence-electron chi connectivity index (χ0n) is 19.2. The maximum atomic E-state index is 10.6. The lowest BCUT2D eigenvalue weighted by Gasteiger charge is -2.46. The van der Waals surface area contributed by atoms with Gasteiger partial charge in [-0.2, -0.15) is 0 Å². The van der Waals surface area contributed by atoms with Crippen LogP contribution >= 0.6 is 0 Å². The molecule has 0 aliphatic carbocycles. The SMILES string of the molecule is CC(C)(C)[Si](C)(C)OCC12C=CC(CO[Si](C)(C)C(C)(C)C)(CC(O)C1)O2. The highest BCUT2D eigenvalue weighted by Crippen LogP contribution is 2.46. The highest BCUT2D eigenvalue weighted by atomic mass is 28.4. The lowest BCUT2D eigenvalue weighted by molar-refractivity contribution is -0.182. The molecule has 0 aromatic rings. The van der Waals surface area contributed by atoms with E-state index in [1.54, 1.807) is 0 Å². The van der Waals surface area contributed by atoms with Crippen LogP contribution in [0.2, 0.25) is 36.3 Å². The fraction of sp³-hybridized carbons (Fsp3) is 0.905. The van der Waals surface area contributed by atoms with E-state index < -0.39 is 27.8 Å². The summed E-state index contributed by atoms with van der Waals surface area (Å²) in [5, 5.41) is 10.9. The number of aliphatic hydroxyl groups excluding tert-OH is 1. The molecule has 2 aliphatic heterocycles. The van der Waals surface area contributed by atoms with Crippen LogP contribution in [0.5, 0.6) is 0 Å². The third-order valence-corrected chi connectivity index (χ3v) is 16.2. The van der Waals surface area contributed by atoms with Crippen molar-refractivity contribution < 1.29 is 18.7 Å². The minimum absolute atomic E-state index is 0.155. The largest absolute Gasteiger partial charge is 0.414 e. The fourth-order valence-corrected chi connectivity index (χ4v) is 5.25. The molecule has 0 radical (unpaired) electrons. The summed E-state index contributed by atoms with van der Waals surface area (Å²) in [7, 11) is -3.75. The first-order valence-electron chi connectivity index (χ1n) is 10.3. The molecule has 2 aliphatic rings. The molecule has 1 N–H and O–H groups in total. The Morgan fingerprint density at radius 3 is 1.48 bits per heavy atom. The zero-order chi connectivity index (χ0) is 20.9. The van der Waals surface area contributed by atoms with Crippen molar-refractivity contribution in [3.05, 3.63) is 12.2 Å². The Morgan fingerprint density at radius 2 is 1.19 bits per heavy atom. The van der Waals surface area contributed by atoms with E-state index in [0.29, 0.717) is 26.1 Å². The van der Waals surface area contributed by atoms with E-state index in [-0.39, 0.29) is 16.2 Å². The molecule has 2 atom stereocenters. The van der Waals surface area contributed by atoms with E-state index in [0.717, 1.165) is 0 Å². The van der Waals surface area contributed by atoms with Gasteiger partial charge in [0.15, 0.2) is 16.6 Å². The average molecular weight is 415 g/mol. The molecule has 0 aromatic carbocycles. The van der Waals surface area contributed by atoms with Crippen LogP contribution in [0.4, 0.5) is 0 Å². The summed E-state index contributed by atoms with van der Waals surface area (Å²) in [6.07, 6.45) is 5.07. The predicted molar refractivity (Wildman–Crippen MR) is 117 cm³/mol. The fourth-order valence-electron chi connectivity index (χ4n) is 3.18. The van der Waals surface area contributed by atoms with Crippen molar-refractivity contribution in [2.24, 2.45) is 0 Å². The molecule has 4 nitrogen and oxygen atoms in total. The zero-order valence-corrected chi connectivity index (χ0v) is 21.2. The molecule has 1 fully saturated rings. The van der Waals surface area contributed by atoms with Gasteiger partial charge in [0, 0.05) is 12.8 Å². The number of aliphatic hydroxyl groups is 1. The third-order valence-electron chi connectivity index (χ3n) is 7.23. The van der Waals surface area contributed by atoms with E-state index in [1.807, 2.05) is 0 Å². The van der Waals surface area contributed by atoms with Crippen LogP contribution in [-0.2, 0) is 13.6 Å². The summed E-state index contributed by atoms with van der Waals surface area (Å²) < 4.78 is 19.5. The van der Waals surface area contributed by atoms with Gasteiger partial charge in [-0.15, -0.1) is 0 Å². The minimum atomic E-state index is -1.87. The average Bonchev–Trinajstić information content (AvgIpc) is 2.74. The molecule has 0 spiro atoms. The van der Waals surface area contributed by atoms with E-state index >= 15 is 0 Å². The van der Waals surface area contributed by atoms with Crippen molar-refractivity contribution in [2.75, 3.05) is 13.2 Å². The number of hydrogen-bond acceptors (Lipinski definition) is 4. The molecule has 0 amide bonds. The van der Waals surface area contributed by atoms with Crippen molar-refractivity contribution in [1.29, 1.82) is 0 Å². The van der Waals surface area contributed by atoms with Gasteiger partial charge in [-0.25, -0.2) is 0 Å². The van der Waals surface area contributed by atoms with E-state index in [9.17, 15) is 5.11 Å². The Hall–Kier alpha value is 0.0138. The van der Waals surface area contributed by atoms with Gasteiger partial charge in [-0.05, 0) is 36.3 Å². The monoisotopic (exact) mass is 414 g/mol. The van der Waals surface area contributed by atoms with Gasteiger partial charge >= 0.3 is 0 Å². The Balaban J connectivity index is 2.10. The lowest BCUT2D eigenvalue weighted by Crippen LogP contribution is -2.55. The van der Waals surface area contributed by atoms with Crippen LogP contribution in [0.15, 0.2) is 12.2 Å². The first-order valence-corrected chi connectivity index (χ1v) is 16.1. The molecule has 2 bridgehead atoms. The molecule has 1 saturated heterocycles. The Kier molecular flexibility index (Phi) is 6.09. The molecule has 27 heavy (non-hydrogen) atoms. The highest BCUT2D eigenvalue weighted by molar-refractivity contribution is 6.74. The Labute approximate surface area is 168 Å². The van der Waals surface area contributed by atoms with Crippen molar-refractivity contribution >= 4 is 16.6 Å². The normalized spacial score (nSPS) is 32.2. The number of fused-ring (bicyclic) bond motifs is 2. The number of ether oxygens (including phenoxy) is 1. The minimum Gasteiger partial charge on any atom is -0.414 e. The summed E-state index contributed by atoms with van der Waals surface area (Å²) in [4.78, 5) is 0. The third kappa shape index (κ3) is 4.96. The van der Waals surface area contributed by atoms with Crippen LogP contribution in [0.25, 0.3) is 0 Å². The summed E-state index contributed by atoms with van der Waals surface area (Å²) >= 11 is 0. The Bertz CT molecular complexity index is 526. The maximum absolute atomic E-state index is 10.6. The van der Waals surface area contributed by atoms with E-state index in [4.69, 9.17) is 13.6 Å². The number of rotatable bonds is 6. The number of hydrogen-bond donors (Lipinski definition) is 1. The highest BCUT2D eigenvalue weighted by Gasteiger charge is 2.53. The summed E-state index contributed by atoms with van der Waals surface area (Å²) in [6.45, 7) is 23.5. The van der Waals surface area contributed by atoms with E-state index in [2.05, 4.69) is 79.9 Å². The summed E-state index contributed by atoms with van der Waals surface area (Å²) in [5.74, 6) is 0. The summed E-state index contributed by atoms with van der Waals surface area (Å²) in [6, 6.07) is 0. The van der Waals surface area contributed by atoms with Gasteiger partial charge in [-0.3, -0.25) is 0 Å². The molecular weight excluding hydrogens is 372 g/mol. The van der Waals surface area contributed by atoms with Gasteiger partial charge < -0.3 is 18.7 Å². The molecule has 6 heteroatoms. The predicted octanol–water partition coefficient (Wildman–Crippen LogP) is 5.25. The van der Waals surface area contributed by atoms with Gasteiger partial charge in [0.25, 0.3) is 0 Å². The maximum Gasteiger partial charge on any atom is 0.192 e. The second-order valence-electron chi connectivity index (χ2n) is 11.7. The molecule has 2 unspecified atom stereocenters. The first kappa shape index (κ1) is 23.3. The van der Waals surface area contributed by atoms with E-state index in [1.165, 1.54) is 0 Å². The van der Waals surface area contributed by atoms with Gasteiger partial charge in [-0.1, -0.05) is 53.7 Å². The standard InChI is InChI=1S/C21H42O4Si2/c1-18(2,3)26(7,8)23-15-20-11-12-21(25-20,14-17(22)13-20)16-24-27(9,10)19(4,5)6/h11-12,17,22H,13-16H2,1-10H3. The van der Waals surface area contributed by atoms with Crippen molar-refractivity contribution in [2.45, 2.75) is 108 Å². The van der Waals surface area contributed by atoms with Gasteiger partial charge in [0.05, 0.1) is 19.3 Å². The van der Waals surface area contributed by atoms with Crippen molar-refractivity contribution in [3.8, 4) is 0 Å². The van der Waals surface area contributed by atoms with Crippen LogP contribution in [0.3, 0.4) is 0 Å². The van der Waals surface area contributed by atoms with Crippen molar-refractivity contribution in [3.63, 3.8) is 0 Å². The topological polar surface area (TPSA) is 47.9 Å². The van der Waals surface area contributed by atoms with Crippen molar-refractivity contribution in [1.82, 2.24) is 0 Å². The van der Waals surface area contributed by atoms with Crippen LogP contribution < -0.4 is 0 Å². The quantitative estimate of drug-likeness (QED) is 0.476.